The first-order valence-electron chi connectivity index (χ1n) is 7.97. The maximum Gasteiger partial charge on any atom is 0.240 e. The van der Waals surface area contributed by atoms with Crippen LogP contribution in [0.25, 0.3) is 0 Å². The van der Waals surface area contributed by atoms with Crippen LogP contribution in [0.4, 0.5) is 0 Å². The molecule has 0 saturated heterocycles. The van der Waals surface area contributed by atoms with E-state index in [-0.39, 0.29) is 23.9 Å². The summed E-state index contributed by atoms with van der Waals surface area (Å²) in [5.74, 6) is -0.130. The molecule has 1 aliphatic carbocycles. The van der Waals surface area contributed by atoms with E-state index in [1.54, 1.807) is 7.05 Å². The SMILES string of the molecule is CN(CC(=O)NC(C)(C)C)C(=O)C1(c2ccc(Cl)cc2)CCC1. The number of amides is 2. The summed E-state index contributed by atoms with van der Waals surface area (Å²) in [7, 11) is 1.70. The lowest BCUT2D eigenvalue weighted by atomic mass is 9.63. The summed E-state index contributed by atoms with van der Waals surface area (Å²) in [6.07, 6.45) is 2.66. The molecule has 0 heterocycles. The van der Waals surface area contributed by atoms with Gasteiger partial charge in [-0.15, -0.1) is 0 Å². The van der Waals surface area contributed by atoms with Gasteiger partial charge in [-0.05, 0) is 51.3 Å². The van der Waals surface area contributed by atoms with Crippen LogP contribution in [0.1, 0.15) is 45.6 Å². The molecule has 1 aromatic carbocycles. The van der Waals surface area contributed by atoms with Gasteiger partial charge in [-0.3, -0.25) is 9.59 Å². The quantitative estimate of drug-likeness (QED) is 0.918. The molecule has 0 aromatic heterocycles. The molecule has 126 valence electrons. The fraction of sp³-hybridized carbons (Fsp3) is 0.556. The van der Waals surface area contributed by atoms with Gasteiger partial charge in [0.2, 0.25) is 11.8 Å². The molecule has 0 bridgehead atoms. The van der Waals surface area contributed by atoms with Crippen LogP contribution in [0, 0.1) is 0 Å². The Morgan fingerprint density at radius 3 is 2.22 bits per heavy atom. The smallest absolute Gasteiger partial charge is 0.240 e. The van der Waals surface area contributed by atoms with E-state index in [0.717, 1.165) is 24.8 Å². The molecular formula is C18H25ClN2O2. The minimum Gasteiger partial charge on any atom is -0.350 e. The number of hydrogen-bond donors (Lipinski definition) is 1. The molecule has 0 unspecified atom stereocenters. The Hall–Kier alpha value is -1.55. The molecule has 0 radical (unpaired) electrons. The summed E-state index contributed by atoms with van der Waals surface area (Å²) in [5, 5.41) is 3.55. The van der Waals surface area contributed by atoms with Gasteiger partial charge < -0.3 is 10.2 Å². The number of carbonyl (C=O) groups excluding carboxylic acids is 2. The minimum atomic E-state index is -0.499. The van der Waals surface area contributed by atoms with E-state index in [1.807, 2.05) is 45.0 Å². The first-order valence-corrected chi connectivity index (χ1v) is 8.34. The van der Waals surface area contributed by atoms with Gasteiger partial charge in [0.15, 0.2) is 0 Å². The lowest BCUT2D eigenvalue weighted by molar-refractivity contribution is -0.142. The highest BCUT2D eigenvalue weighted by Crippen LogP contribution is 2.45. The number of benzene rings is 1. The first kappa shape index (κ1) is 17.8. The highest BCUT2D eigenvalue weighted by atomic mass is 35.5. The van der Waals surface area contributed by atoms with Gasteiger partial charge >= 0.3 is 0 Å². The third-order valence-electron chi connectivity index (χ3n) is 4.26. The van der Waals surface area contributed by atoms with Gasteiger partial charge in [-0.1, -0.05) is 30.2 Å². The molecule has 0 spiro atoms. The van der Waals surface area contributed by atoms with Gasteiger partial charge in [0.05, 0.1) is 12.0 Å². The Kier molecular flexibility index (Phi) is 5.04. The van der Waals surface area contributed by atoms with Crippen molar-refractivity contribution in [1.82, 2.24) is 10.2 Å². The van der Waals surface area contributed by atoms with Gasteiger partial charge in [-0.2, -0.15) is 0 Å². The summed E-state index contributed by atoms with van der Waals surface area (Å²) < 4.78 is 0. The standard InChI is InChI=1S/C18H25ClN2O2/c1-17(2,3)20-15(22)12-21(4)16(23)18(10-5-11-18)13-6-8-14(19)9-7-13/h6-9H,5,10-12H2,1-4H3,(H,20,22). The first-order chi connectivity index (χ1) is 10.6. The molecule has 1 aliphatic rings. The topological polar surface area (TPSA) is 49.4 Å². The van der Waals surface area contributed by atoms with Gasteiger partial charge in [0, 0.05) is 17.6 Å². The molecule has 2 amide bonds. The molecule has 1 N–H and O–H groups in total. The number of hydrogen-bond acceptors (Lipinski definition) is 2. The fourth-order valence-corrected chi connectivity index (χ4v) is 3.16. The van der Waals surface area contributed by atoms with Crippen molar-refractivity contribution in [2.24, 2.45) is 0 Å². The summed E-state index contributed by atoms with van der Waals surface area (Å²) in [5.41, 5.74) is 0.188. The molecule has 5 heteroatoms. The fourth-order valence-electron chi connectivity index (χ4n) is 3.04. The van der Waals surface area contributed by atoms with Crippen LogP contribution < -0.4 is 5.32 Å². The maximum absolute atomic E-state index is 12.9. The van der Waals surface area contributed by atoms with Gasteiger partial charge in [-0.25, -0.2) is 0 Å². The molecule has 1 fully saturated rings. The van der Waals surface area contributed by atoms with Crippen molar-refractivity contribution in [3.63, 3.8) is 0 Å². The van der Waals surface area contributed by atoms with Crippen molar-refractivity contribution in [1.29, 1.82) is 0 Å². The zero-order valence-corrected chi connectivity index (χ0v) is 15.0. The molecule has 1 aromatic rings. The predicted molar refractivity (Wildman–Crippen MR) is 92.5 cm³/mol. The summed E-state index contributed by atoms with van der Waals surface area (Å²) >= 11 is 5.95. The Bertz CT molecular complexity index is 586. The van der Waals surface area contributed by atoms with Crippen molar-refractivity contribution in [2.45, 2.75) is 51.0 Å². The van der Waals surface area contributed by atoms with Crippen LogP contribution in [-0.4, -0.2) is 35.8 Å². The van der Waals surface area contributed by atoms with E-state index in [4.69, 9.17) is 11.6 Å². The van der Waals surface area contributed by atoms with E-state index in [0.29, 0.717) is 5.02 Å². The normalized spacial score (nSPS) is 16.4. The van der Waals surface area contributed by atoms with E-state index in [1.165, 1.54) is 4.90 Å². The van der Waals surface area contributed by atoms with Crippen LogP contribution in [0.15, 0.2) is 24.3 Å². The average Bonchev–Trinajstić information content (AvgIpc) is 2.37. The Labute approximate surface area is 143 Å². The number of nitrogens with zero attached hydrogens (tertiary/aromatic N) is 1. The van der Waals surface area contributed by atoms with Crippen molar-refractivity contribution in [3.8, 4) is 0 Å². The van der Waals surface area contributed by atoms with Gasteiger partial charge in [0.25, 0.3) is 0 Å². The van der Waals surface area contributed by atoms with E-state index in [2.05, 4.69) is 5.32 Å². The van der Waals surface area contributed by atoms with E-state index < -0.39 is 5.41 Å². The van der Waals surface area contributed by atoms with E-state index in [9.17, 15) is 9.59 Å². The molecule has 23 heavy (non-hydrogen) atoms. The van der Waals surface area contributed by atoms with E-state index >= 15 is 0 Å². The number of nitrogens with one attached hydrogen (secondary N) is 1. The van der Waals surface area contributed by atoms with Crippen LogP contribution >= 0.6 is 11.6 Å². The van der Waals surface area contributed by atoms with Crippen molar-refractivity contribution in [3.05, 3.63) is 34.9 Å². The molecule has 1 saturated carbocycles. The summed E-state index contributed by atoms with van der Waals surface area (Å²) in [6, 6.07) is 7.47. The van der Waals surface area contributed by atoms with Crippen molar-refractivity contribution >= 4 is 23.4 Å². The van der Waals surface area contributed by atoms with Gasteiger partial charge in [0.1, 0.15) is 0 Å². The second-order valence-electron chi connectivity index (χ2n) is 7.40. The van der Waals surface area contributed by atoms with Crippen molar-refractivity contribution < 1.29 is 9.59 Å². The Morgan fingerprint density at radius 1 is 1.22 bits per heavy atom. The summed E-state index contributed by atoms with van der Waals surface area (Å²) in [4.78, 5) is 26.5. The summed E-state index contributed by atoms with van der Waals surface area (Å²) in [6.45, 7) is 5.85. The number of halogens is 1. The lowest BCUT2D eigenvalue weighted by Crippen LogP contribution is -2.53. The molecule has 4 nitrogen and oxygen atoms in total. The third kappa shape index (κ3) is 4.05. The number of rotatable bonds is 4. The zero-order valence-electron chi connectivity index (χ0n) is 14.3. The molecule has 2 rings (SSSR count). The van der Waals surface area contributed by atoms with Crippen LogP contribution in [0.5, 0.6) is 0 Å². The average molecular weight is 337 g/mol. The second kappa shape index (κ2) is 6.52. The van der Waals surface area contributed by atoms with Crippen LogP contribution in [-0.2, 0) is 15.0 Å². The molecular weight excluding hydrogens is 312 g/mol. The Morgan fingerprint density at radius 2 is 1.78 bits per heavy atom. The van der Waals surface area contributed by atoms with Crippen LogP contribution in [0.2, 0.25) is 5.02 Å². The number of likely N-dealkylation sites (N-methyl/N-ethyl adjacent to an activating group) is 1. The molecule has 0 aliphatic heterocycles. The molecule has 0 atom stereocenters. The van der Waals surface area contributed by atoms with Crippen LogP contribution in [0.3, 0.4) is 0 Å². The minimum absolute atomic E-state index is 0.00938. The Balaban J connectivity index is 2.10. The highest BCUT2D eigenvalue weighted by molar-refractivity contribution is 6.30. The second-order valence-corrected chi connectivity index (χ2v) is 7.84. The zero-order chi connectivity index (χ0) is 17.3. The maximum atomic E-state index is 12.9. The highest BCUT2D eigenvalue weighted by Gasteiger charge is 2.47. The third-order valence-corrected chi connectivity index (χ3v) is 4.51. The largest absolute Gasteiger partial charge is 0.350 e. The number of carbonyl (C=O) groups is 2. The lowest BCUT2D eigenvalue weighted by Gasteiger charge is -2.43. The monoisotopic (exact) mass is 336 g/mol. The predicted octanol–water partition coefficient (Wildman–Crippen LogP) is 3.13. The van der Waals surface area contributed by atoms with Crippen molar-refractivity contribution in [2.75, 3.05) is 13.6 Å².